The fraction of sp³-hybridized carbons (Fsp3) is 0.353. The molecule has 2 heterocycles. The lowest BCUT2D eigenvalue weighted by Crippen LogP contribution is -2.23. The van der Waals surface area contributed by atoms with Gasteiger partial charge in [0.05, 0.1) is 17.9 Å². The zero-order valence-corrected chi connectivity index (χ0v) is 14.1. The maximum atomic E-state index is 13.1. The molecule has 0 aliphatic carbocycles. The van der Waals surface area contributed by atoms with Crippen molar-refractivity contribution in [2.45, 2.75) is 39.8 Å². The molecule has 0 spiro atoms. The smallest absolute Gasteiger partial charge is 0.233 e. The van der Waals surface area contributed by atoms with Crippen molar-refractivity contribution in [3.8, 4) is 5.69 Å². The van der Waals surface area contributed by atoms with Crippen LogP contribution < -0.4 is 5.32 Å². The van der Waals surface area contributed by atoms with Gasteiger partial charge in [0.1, 0.15) is 5.82 Å². The lowest BCUT2D eigenvalue weighted by molar-refractivity contribution is 0.379. The maximum Gasteiger partial charge on any atom is 0.233 e. The Labute approximate surface area is 139 Å². The van der Waals surface area contributed by atoms with Gasteiger partial charge in [-0.1, -0.05) is 0 Å². The third kappa shape index (κ3) is 3.21. The van der Waals surface area contributed by atoms with Gasteiger partial charge in [-0.15, -0.1) is 10.2 Å². The third-order valence-electron chi connectivity index (χ3n) is 4.00. The average Bonchev–Trinajstić information content (AvgIpc) is 3.14. The summed E-state index contributed by atoms with van der Waals surface area (Å²) < 4.78 is 20.3. The molecule has 24 heavy (non-hydrogen) atoms. The highest BCUT2D eigenvalue weighted by Gasteiger charge is 2.19. The standard InChI is InChI=1S/C17H20FN5O/c1-10(20-11(2)17-22-21-13(4)24-17)16-9-19-23(12(16)3)15-7-5-14(18)6-8-15/h5-11,20H,1-4H3. The molecule has 0 aliphatic heterocycles. The number of rotatable bonds is 5. The number of halogens is 1. The molecule has 1 aromatic carbocycles. The molecule has 126 valence electrons. The summed E-state index contributed by atoms with van der Waals surface area (Å²) >= 11 is 0. The molecule has 0 saturated heterocycles. The molecule has 1 N–H and O–H groups in total. The molecular formula is C17H20FN5O. The fourth-order valence-corrected chi connectivity index (χ4v) is 2.71. The zero-order valence-electron chi connectivity index (χ0n) is 14.1. The summed E-state index contributed by atoms with van der Waals surface area (Å²) in [7, 11) is 0. The number of aromatic nitrogens is 4. The molecule has 0 saturated carbocycles. The molecule has 3 aromatic rings. The van der Waals surface area contributed by atoms with Gasteiger partial charge in [0.25, 0.3) is 0 Å². The van der Waals surface area contributed by atoms with Crippen molar-refractivity contribution >= 4 is 0 Å². The van der Waals surface area contributed by atoms with Gasteiger partial charge in [0.15, 0.2) is 0 Å². The van der Waals surface area contributed by atoms with Crippen molar-refractivity contribution in [3.63, 3.8) is 0 Å². The van der Waals surface area contributed by atoms with Gasteiger partial charge in [-0.3, -0.25) is 5.32 Å². The third-order valence-corrected chi connectivity index (χ3v) is 4.00. The van der Waals surface area contributed by atoms with Crippen molar-refractivity contribution in [3.05, 3.63) is 59.3 Å². The van der Waals surface area contributed by atoms with E-state index in [1.54, 1.807) is 23.7 Å². The molecular weight excluding hydrogens is 309 g/mol. The van der Waals surface area contributed by atoms with Gasteiger partial charge in [0.2, 0.25) is 11.8 Å². The number of nitrogens with zero attached hydrogens (tertiary/aromatic N) is 4. The van der Waals surface area contributed by atoms with Crippen LogP contribution in [-0.2, 0) is 0 Å². The van der Waals surface area contributed by atoms with Crippen LogP contribution in [0.2, 0.25) is 0 Å². The minimum Gasteiger partial charge on any atom is -0.424 e. The summed E-state index contributed by atoms with van der Waals surface area (Å²) in [6, 6.07) is 6.24. The van der Waals surface area contributed by atoms with E-state index in [2.05, 4.69) is 27.5 Å². The fourth-order valence-electron chi connectivity index (χ4n) is 2.71. The molecule has 0 bridgehead atoms. The van der Waals surface area contributed by atoms with Crippen LogP contribution in [0.3, 0.4) is 0 Å². The summed E-state index contributed by atoms with van der Waals surface area (Å²) in [5.74, 6) is 0.844. The molecule has 0 fully saturated rings. The Bertz CT molecular complexity index is 824. The lowest BCUT2D eigenvalue weighted by atomic mass is 10.1. The molecule has 0 amide bonds. The molecule has 7 heteroatoms. The summed E-state index contributed by atoms with van der Waals surface area (Å²) in [5.41, 5.74) is 2.88. The van der Waals surface area contributed by atoms with Crippen LogP contribution in [0.25, 0.3) is 5.69 Å². The quantitative estimate of drug-likeness (QED) is 0.777. The second-order valence-electron chi connectivity index (χ2n) is 5.84. The number of aryl methyl sites for hydroxylation is 1. The van der Waals surface area contributed by atoms with Crippen molar-refractivity contribution < 1.29 is 8.81 Å². The predicted molar refractivity (Wildman–Crippen MR) is 87.3 cm³/mol. The van der Waals surface area contributed by atoms with E-state index < -0.39 is 0 Å². The number of nitrogens with one attached hydrogen (secondary N) is 1. The van der Waals surface area contributed by atoms with E-state index in [4.69, 9.17) is 4.42 Å². The van der Waals surface area contributed by atoms with Crippen LogP contribution in [0.1, 0.15) is 49.0 Å². The minimum absolute atomic E-state index is 0.0430. The minimum atomic E-state index is -0.262. The van der Waals surface area contributed by atoms with Gasteiger partial charge >= 0.3 is 0 Å². The van der Waals surface area contributed by atoms with Crippen LogP contribution >= 0.6 is 0 Å². The molecule has 6 nitrogen and oxygen atoms in total. The molecule has 2 unspecified atom stereocenters. The summed E-state index contributed by atoms with van der Waals surface area (Å²) in [6.07, 6.45) is 1.82. The zero-order chi connectivity index (χ0) is 17.3. The number of benzene rings is 1. The SMILES string of the molecule is Cc1nnc(C(C)NC(C)c2cnn(-c3ccc(F)cc3)c2C)o1. The van der Waals surface area contributed by atoms with Gasteiger partial charge in [-0.2, -0.15) is 5.10 Å². The van der Waals surface area contributed by atoms with E-state index in [0.717, 1.165) is 16.9 Å². The van der Waals surface area contributed by atoms with E-state index in [-0.39, 0.29) is 17.9 Å². The van der Waals surface area contributed by atoms with Crippen molar-refractivity contribution in [1.29, 1.82) is 0 Å². The van der Waals surface area contributed by atoms with Crippen LogP contribution in [0, 0.1) is 19.7 Å². The lowest BCUT2D eigenvalue weighted by Gasteiger charge is -2.17. The summed E-state index contributed by atoms with van der Waals surface area (Å²) in [6.45, 7) is 7.79. The highest BCUT2D eigenvalue weighted by atomic mass is 19.1. The largest absolute Gasteiger partial charge is 0.424 e. The van der Waals surface area contributed by atoms with Gasteiger partial charge in [-0.25, -0.2) is 9.07 Å². The molecule has 0 aliphatic rings. The highest BCUT2D eigenvalue weighted by molar-refractivity contribution is 5.35. The van der Waals surface area contributed by atoms with E-state index in [0.29, 0.717) is 11.8 Å². The van der Waals surface area contributed by atoms with E-state index in [1.807, 2.05) is 20.0 Å². The van der Waals surface area contributed by atoms with Crippen molar-refractivity contribution in [2.24, 2.45) is 0 Å². The first kappa shape index (κ1) is 16.3. The highest BCUT2D eigenvalue weighted by Crippen LogP contribution is 2.23. The molecule has 3 rings (SSSR count). The summed E-state index contributed by atoms with van der Waals surface area (Å²) in [4.78, 5) is 0. The molecule has 0 radical (unpaired) electrons. The monoisotopic (exact) mass is 329 g/mol. The van der Waals surface area contributed by atoms with Crippen molar-refractivity contribution in [1.82, 2.24) is 25.3 Å². The Balaban J connectivity index is 1.78. The predicted octanol–water partition coefficient (Wildman–Crippen LogP) is 3.42. The number of hydrogen-bond acceptors (Lipinski definition) is 5. The van der Waals surface area contributed by atoms with Crippen LogP contribution in [0.5, 0.6) is 0 Å². The first-order valence-corrected chi connectivity index (χ1v) is 7.82. The van der Waals surface area contributed by atoms with Crippen LogP contribution in [0.15, 0.2) is 34.9 Å². The molecule has 2 aromatic heterocycles. The summed E-state index contributed by atoms with van der Waals surface area (Å²) in [5, 5.41) is 15.7. The Morgan fingerprint density at radius 2 is 1.79 bits per heavy atom. The first-order valence-electron chi connectivity index (χ1n) is 7.82. The van der Waals surface area contributed by atoms with Gasteiger partial charge in [0, 0.05) is 24.2 Å². The van der Waals surface area contributed by atoms with E-state index in [1.165, 1.54) is 12.1 Å². The second-order valence-corrected chi connectivity index (χ2v) is 5.84. The van der Waals surface area contributed by atoms with E-state index in [9.17, 15) is 4.39 Å². The van der Waals surface area contributed by atoms with Gasteiger partial charge < -0.3 is 4.42 Å². The Morgan fingerprint density at radius 3 is 2.42 bits per heavy atom. The second kappa shape index (κ2) is 6.52. The first-order chi connectivity index (χ1) is 11.5. The van der Waals surface area contributed by atoms with Crippen molar-refractivity contribution in [2.75, 3.05) is 0 Å². The van der Waals surface area contributed by atoms with Gasteiger partial charge in [-0.05, 0) is 45.0 Å². The Hall–Kier alpha value is -2.54. The normalized spacial score (nSPS) is 13.9. The average molecular weight is 329 g/mol. The topological polar surface area (TPSA) is 68.8 Å². The van der Waals surface area contributed by atoms with E-state index >= 15 is 0 Å². The Kier molecular flexibility index (Phi) is 4.44. The van der Waals surface area contributed by atoms with Crippen LogP contribution in [-0.4, -0.2) is 20.0 Å². The maximum absolute atomic E-state index is 13.1. The van der Waals surface area contributed by atoms with Crippen LogP contribution in [0.4, 0.5) is 4.39 Å². The molecule has 2 atom stereocenters. The Morgan fingerprint density at radius 1 is 1.08 bits per heavy atom. The number of hydrogen-bond donors (Lipinski definition) is 1.